The summed E-state index contributed by atoms with van der Waals surface area (Å²) in [4.78, 5) is 16.1. The summed E-state index contributed by atoms with van der Waals surface area (Å²) in [7, 11) is 5.19. The summed E-state index contributed by atoms with van der Waals surface area (Å²) >= 11 is 3.68. The maximum absolute atomic E-state index is 5.51. The minimum Gasteiger partial charge on any atom is -0.354 e. The lowest BCUT2D eigenvalue weighted by Gasteiger charge is -2.24. The summed E-state index contributed by atoms with van der Waals surface area (Å²) < 4.78 is 19.1. The number of aromatic nitrogens is 5. The highest BCUT2D eigenvalue weighted by Crippen LogP contribution is 2.39. The number of imidazole rings is 1. The predicted octanol–water partition coefficient (Wildman–Crippen LogP) is 3.63. The van der Waals surface area contributed by atoms with Crippen LogP contribution in [0.2, 0.25) is 0 Å². The zero-order chi connectivity index (χ0) is 20.8. The molecule has 9 nitrogen and oxygen atoms in total. The number of nitrogens with zero attached hydrogens (tertiary/aromatic N) is 6. The smallest absolute Gasteiger partial charge is 0.280 e. The van der Waals surface area contributed by atoms with E-state index in [9.17, 15) is 0 Å². The van der Waals surface area contributed by atoms with E-state index >= 15 is 0 Å². The predicted molar refractivity (Wildman–Crippen MR) is 115 cm³/mol. The topological polar surface area (TPSA) is 90.8 Å². The monoisotopic (exact) mass is 472 g/mol. The zero-order valence-corrected chi connectivity index (χ0v) is 18.5. The van der Waals surface area contributed by atoms with Gasteiger partial charge in [-0.15, -0.1) is 0 Å². The molecule has 1 aromatic carbocycles. The Morgan fingerprint density at radius 2 is 2.07 bits per heavy atom. The second-order valence-corrected chi connectivity index (χ2v) is 8.22. The fraction of sp³-hybridized carbons (Fsp3) is 0.400. The zero-order valence-electron chi connectivity index (χ0n) is 16.9. The maximum atomic E-state index is 5.51. The van der Waals surface area contributed by atoms with Crippen molar-refractivity contribution in [3.63, 3.8) is 0 Å². The standard InChI is InChI=1S/C20H21BrN6O3/c1-26(9-14(28-2)29-3)18-15-12(21)5-4-6-13(15)27-10-22-16(19(27)24-18)20-23-17(25-30-20)11-7-8-11/h4-6,10-11,14H,7-9H2,1-3H3. The Bertz CT molecular complexity index is 1210. The van der Waals surface area contributed by atoms with Gasteiger partial charge in [-0.05, 0) is 40.9 Å². The summed E-state index contributed by atoms with van der Waals surface area (Å²) in [5.41, 5.74) is 2.18. The number of hydrogen-bond donors (Lipinski definition) is 0. The van der Waals surface area contributed by atoms with Crippen LogP contribution in [0.15, 0.2) is 33.5 Å². The molecule has 0 atom stereocenters. The van der Waals surface area contributed by atoms with E-state index in [0.717, 1.165) is 39.9 Å². The van der Waals surface area contributed by atoms with Crippen LogP contribution in [0.1, 0.15) is 24.6 Å². The molecule has 30 heavy (non-hydrogen) atoms. The largest absolute Gasteiger partial charge is 0.354 e. The molecule has 0 radical (unpaired) electrons. The Labute approximate surface area is 181 Å². The van der Waals surface area contributed by atoms with Gasteiger partial charge in [-0.25, -0.2) is 9.97 Å². The lowest BCUT2D eigenvalue weighted by Crippen LogP contribution is -2.32. The number of hydrogen-bond acceptors (Lipinski definition) is 8. The van der Waals surface area contributed by atoms with Crippen molar-refractivity contribution in [2.75, 3.05) is 32.7 Å². The molecule has 0 saturated heterocycles. The average Bonchev–Trinajstić information content (AvgIpc) is 3.33. The van der Waals surface area contributed by atoms with Crippen LogP contribution in [0.5, 0.6) is 0 Å². The quantitative estimate of drug-likeness (QED) is 0.376. The third-order valence-corrected chi connectivity index (χ3v) is 5.99. The SMILES string of the molecule is COC(CN(C)c1nc2c(-c3nc(C4CC4)no3)ncn2c2cccc(Br)c12)OC. The molecule has 0 bridgehead atoms. The first-order valence-corrected chi connectivity index (χ1v) is 10.5. The van der Waals surface area contributed by atoms with Gasteiger partial charge < -0.3 is 18.9 Å². The molecule has 1 fully saturated rings. The second-order valence-electron chi connectivity index (χ2n) is 7.37. The van der Waals surface area contributed by atoms with Crippen LogP contribution in [-0.2, 0) is 9.47 Å². The summed E-state index contributed by atoms with van der Waals surface area (Å²) in [5.74, 6) is 2.31. The first-order valence-electron chi connectivity index (χ1n) is 9.66. The van der Waals surface area contributed by atoms with Crippen molar-refractivity contribution >= 4 is 38.3 Å². The Morgan fingerprint density at radius 1 is 1.27 bits per heavy atom. The van der Waals surface area contributed by atoms with E-state index in [0.29, 0.717) is 29.7 Å². The molecule has 0 spiro atoms. The van der Waals surface area contributed by atoms with Gasteiger partial charge >= 0.3 is 0 Å². The number of anilines is 1. The van der Waals surface area contributed by atoms with Crippen LogP contribution in [-0.4, -0.2) is 58.6 Å². The van der Waals surface area contributed by atoms with Crippen molar-refractivity contribution < 1.29 is 14.0 Å². The molecule has 0 unspecified atom stereocenters. The van der Waals surface area contributed by atoms with Gasteiger partial charge in [0.05, 0.1) is 17.4 Å². The molecule has 1 saturated carbocycles. The van der Waals surface area contributed by atoms with E-state index in [-0.39, 0.29) is 6.29 Å². The van der Waals surface area contributed by atoms with Crippen molar-refractivity contribution in [3.8, 4) is 11.6 Å². The molecule has 1 aliphatic carbocycles. The molecule has 3 aromatic heterocycles. The van der Waals surface area contributed by atoms with Gasteiger partial charge in [0.2, 0.25) is 0 Å². The van der Waals surface area contributed by atoms with E-state index in [1.165, 1.54) is 0 Å². The number of fused-ring (bicyclic) bond motifs is 3. The third-order valence-electron chi connectivity index (χ3n) is 5.33. The number of likely N-dealkylation sites (N-methyl/N-ethyl adjacent to an activating group) is 1. The molecule has 0 aliphatic heterocycles. The molecule has 1 aliphatic rings. The van der Waals surface area contributed by atoms with Crippen LogP contribution in [0.25, 0.3) is 28.1 Å². The van der Waals surface area contributed by atoms with Crippen LogP contribution in [0, 0.1) is 0 Å². The summed E-state index contributed by atoms with van der Waals surface area (Å²) in [6.07, 6.45) is 3.57. The van der Waals surface area contributed by atoms with Crippen LogP contribution in [0.3, 0.4) is 0 Å². The van der Waals surface area contributed by atoms with Gasteiger partial charge in [0.25, 0.3) is 5.89 Å². The molecule has 156 valence electrons. The minimum atomic E-state index is -0.382. The fourth-order valence-electron chi connectivity index (χ4n) is 3.54. The number of halogens is 1. The van der Waals surface area contributed by atoms with E-state index in [1.54, 1.807) is 20.5 Å². The Hall–Kier alpha value is -2.56. The summed E-state index contributed by atoms with van der Waals surface area (Å²) in [6.45, 7) is 0.502. The van der Waals surface area contributed by atoms with E-state index in [4.69, 9.17) is 19.0 Å². The Kier molecular flexibility index (Phi) is 4.92. The Morgan fingerprint density at radius 3 is 2.80 bits per heavy atom. The number of rotatable bonds is 7. The molecule has 0 N–H and O–H groups in total. The number of methoxy groups -OCH3 is 2. The molecule has 0 amide bonds. The summed E-state index contributed by atoms with van der Waals surface area (Å²) in [6, 6.07) is 6.01. The van der Waals surface area contributed by atoms with Crippen LogP contribution in [0.4, 0.5) is 5.82 Å². The average molecular weight is 473 g/mol. The highest BCUT2D eigenvalue weighted by atomic mass is 79.9. The van der Waals surface area contributed by atoms with Gasteiger partial charge in [0.15, 0.2) is 23.5 Å². The molecule has 5 rings (SSSR count). The van der Waals surface area contributed by atoms with E-state index in [1.807, 2.05) is 34.5 Å². The molecule has 4 aromatic rings. The first kappa shape index (κ1) is 19.4. The molecule has 10 heteroatoms. The first-order chi connectivity index (χ1) is 14.6. The minimum absolute atomic E-state index is 0.382. The van der Waals surface area contributed by atoms with Gasteiger partial charge in [0.1, 0.15) is 12.1 Å². The van der Waals surface area contributed by atoms with Gasteiger partial charge in [0, 0.05) is 31.7 Å². The highest BCUT2D eigenvalue weighted by molar-refractivity contribution is 9.10. The van der Waals surface area contributed by atoms with Gasteiger partial charge in [-0.2, -0.15) is 4.98 Å². The fourth-order valence-corrected chi connectivity index (χ4v) is 4.07. The lowest BCUT2D eigenvalue weighted by molar-refractivity contribution is -0.0944. The van der Waals surface area contributed by atoms with Crippen molar-refractivity contribution in [3.05, 3.63) is 34.8 Å². The number of ether oxygens (including phenoxy) is 2. The molecular weight excluding hydrogens is 452 g/mol. The van der Waals surface area contributed by atoms with E-state index < -0.39 is 0 Å². The molecular formula is C20H21BrN6O3. The number of benzene rings is 1. The van der Waals surface area contributed by atoms with Crippen molar-refractivity contribution in [1.82, 2.24) is 24.5 Å². The normalized spacial score (nSPS) is 14.3. The maximum Gasteiger partial charge on any atom is 0.280 e. The van der Waals surface area contributed by atoms with Crippen LogP contribution >= 0.6 is 15.9 Å². The molecule has 3 heterocycles. The third kappa shape index (κ3) is 3.24. The Balaban J connectivity index is 1.68. The summed E-state index contributed by atoms with van der Waals surface area (Å²) in [5, 5.41) is 5.09. The van der Waals surface area contributed by atoms with Crippen molar-refractivity contribution in [2.45, 2.75) is 25.0 Å². The van der Waals surface area contributed by atoms with Gasteiger partial charge in [-0.3, -0.25) is 4.40 Å². The van der Waals surface area contributed by atoms with E-state index in [2.05, 4.69) is 31.1 Å². The van der Waals surface area contributed by atoms with Gasteiger partial charge in [-0.1, -0.05) is 11.2 Å². The van der Waals surface area contributed by atoms with Crippen molar-refractivity contribution in [1.29, 1.82) is 0 Å². The van der Waals surface area contributed by atoms with Crippen LogP contribution < -0.4 is 4.90 Å². The highest BCUT2D eigenvalue weighted by Gasteiger charge is 2.30. The van der Waals surface area contributed by atoms with Crippen molar-refractivity contribution in [2.24, 2.45) is 0 Å². The second kappa shape index (κ2) is 7.60. The lowest BCUT2D eigenvalue weighted by atomic mass is 10.2.